The van der Waals surface area contributed by atoms with Gasteiger partial charge in [-0.2, -0.15) is 0 Å². The van der Waals surface area contributed by atoms with Gasteiger partial charge in [0, 0.05) is 11.1 Å². The Labute approximate surface area is 114 Å². The molecule has 0 aliphatic rings. The standard InChI is InChI=1S/C13H14FN3OS/c1-7(12-6-19-8(2)17-12)16-9-3-4-11(14)10(5-9)13(15)18/h3-7,16H,1-2H3,(H2,15,18). The molecule has 4 nitrogen and oxygen atoms in total. The molecule has 6 heteroatoms. The fourth-order valence-electron chi connectivity index (χ4n) is 1.71. The molecule has 1 heterocycles. The Balaban J connectivity index is 2.19. The average Bonchev–Trinajstić information content (AvgIpc) is 2.78. The van der Waals surface area contributed by atoms with E-state index in [1.807, 2.05) is 19.2 Å². The van der Waals surface area contributed by atoms with Crippen molar-refractivity contribution >= 4 is 22.9 Å². The summed E-state index contributed by atoms with van der Waals surface area (Å²) in [5, 5.41) is 6.11. The first-order valence-electron chi connectivity index (χ1n) is 5.75. The fraction of sp³-hybridized carbons (Fsp3) is 0.231. The lowest BCUT2D eigenvalue weighted by atomic mass is 10.1. The fourth-order valence-corrected chi connectivity index (χ4v) is 2.41. The number of halogens is 1. The van der Waals surface area contributed by atoms with E-state index in [0.29, 0.717) is 5.69 Å². The van der Waals surface area contributed by atoms with E-state index >= 15 is 0 Å². The van der Waals surface area contributed by atoms with E-state index < -0.39 is 11.7 Å². The largest absolute Gasteiger partial charge is 0.377 e. The molecule has 19 heavy (non-hydrogen) atoms. The van der Waals surface area contributed by atoms with Gasteiger partial charge in [0.1, 0.15) is 5.82 Å². The van der Waals surface area contributed by atoms with Crippen LogP contribution in [0.25, 0.3) is 0 Å². The van der Waals surface area contributed by atoms with Gasteiger partial charge in [0.2, 0.25) is 0 Å². The number of amides is 1. The number of hydrogen-bond donors (Lipinski definition) is 2. The normalized spacial score (nSPS) is 12.2. The Morgan fingerprint density at radius 2 is 2.26 bits per heavy atom. The van der Waals surface area contributed by atoms with Gasteiger partial charge < -0.3 is 11.1 Å². The van der Waals surface area contributed by atoms with E-state index in [4.69, 9.17) is 5.73 Å². The molecule has 0 aliphatic carbocycles. The number of hydrogen-bond acceptors (Lipinski definition) is 4. The van der Waals surface area contributed by atoms with E-state index in [1.54, 1.807) is 17.4 Å². The first-order chi connectivity index (χ1) is 8.97. The van der Waals surface area contributed by atoms with Gasteiger partial charge >= 0.3 is 0 Å². The number of primary amides is 1. The number of aromatic nitrogens is 1. The third kappa shape index (κ3) is 3.08. The highest BCUT2D eigenvalue weighted by Gasteiger charge is 2.12. The van der Waals surface area contributed by atoms with Crippen molar-refractivity contribution in [3.63, 3.8) is 0 Å². The number of nitrogens with zero attached hydrogens (tertiary/aromatic N) is 1. The molecular formula is C13H14FN3OS. The average molecular weight is 279 g/mol. The molecule has 1 atom stereocenters. The second-order valence-electron chi connectivity index (χ2n) is 4.22. The minimum Gasteiger partial charge on any atom is -0.377 e. The number of carbonyl (C=O) groups is 1. The van der Waals surface area contributed by atoms with Gasteiger partial charge in [-0.1, -0.05) is 0 Å². The summed E-state index contributed by atoms with van der Waals surface area (Å²) in [5.74, 6) is -1.39. The number of nitrogens with one attached hydrogen (secondary N) is 1. The van der Waals surface area contributed by atoms with Crippen molar-refractivity contribution in [2.75, 3.05) is 5.32 Å². The molecule has 0 radical (unpaired) electrons. The Hall–Kier alpha value is -1.95. The number of thiazole rings is 1. The van der Waals surface area contributed by atoms with Gasteiger partial charge in [0.05, 0.1) is 22.3 Å². The lowest BCUT2D eigenvalue weighted by Crippen LogP contribution is -2.14. The zero-order chi connectivity index (χ0) is 14.0. The molecule has 1 aromatic heterocycles. The van der Waals surface area contributed by atoms with E-state index in [2.05, 4.69) is 10.3 Å². The Kier molecular flexibility index (Phi) is 3.80. The van der Waals surface area contributed by atoms with Crippen LogP contribution < -0.4 is 11.1 Å². The molecule has 1 amide bonds. The van der Waals surface area contributed by atoms with E-state index in [-0.39, 0.29) is 11.6 Å². The number of aryl methyl sites for hydroxylation is 1. The number of benzene rings is 1. The Bertz CT molecular complexity index is 612. The van der Waals surface area contributed by atoms with Crippen molar-refractivity contribution in [2.24, 2.45) is 5.73 Å². The smallest absolute Gasteiger partial charge is 0.251 e. The number of anilines is 1. The van der Waals surface area contributed by atoms with E-state index in [9.17, 15) is 9.18 Å². The molecule has 2 aromatic rings. The van der Waals surface area contributed by atoms with Crippen LogP contribution in [0.5, 0.6) is 0 Å². The molecule has 0 bridgehead atoms. The minimum absolute atomic E-state index is 0.0314. The summed E-state index contributed by atoms with van der Waals surface area (Å²) in [5.41, 5.74) is 6.53. The maximum atomic E-state index is 13.3. The SMILES string of the molecule is Cc1nc(C(C)Nc2ccc(F)c(C(N)=O)c2)cs1. The highest BCUT2D eigenvalue weighted by molar-refractivity contribution is 7.09. The van der Waals surface area contributed by atoms with Gasteiger partial charge in [-0.05, 0) is 32.0 Å². The van der Waals surface area contributed by atoms with Gasteiger partial charge in [-0.15, -0.1) is 11.3 Å². The molecule has 0 aliphatic heterocycles. The lowest BCUT2D eigenvalue weighted by Gasteiger charge is -2.13. The molecule has 0 saturated heterocycles. The monoisotopic (exact) mass is 279 g/mol. The molecule has 100 valence electrons. The van der Waals surface area contributed by atoms with Crippen LogP contribution >= 0.6 is 11.3 Å². The summed E-state index contributed by atoms with van der Waals surface area (Å²) >= 11 is 1.57. The number of nitrogens with two attached hydrogens (primary N) is 1. The van der Waals surface area contributed by atoms with Crippen LogP contribution in [0.2, 0.25) is 0 Å². The molecule has 0 saturated carbocycles. The summed E-state index contributed by atoms with van der Waals surface area (Å²) in [4.78, 5) is 15.4. The van der Waals surface area contributed by atoms with Crippen LogP contribution in [-0.4, -0.2) is 10.9 Å². The van der Waals surface area contributed by atoms with Gasteiger partial charge in [0.25, 0.3) is 5.91 Å². The van der Waals surface area contributed by atoms with E-state index in [0.717, 1.165) is 10.7 Å². The summed E-state index contributed by atoms with van der Waals surface area (Å²) < 4.78 is 13.3. The molecule has 1 aromatic carbocycles. The van der Waals surface area contributed by atoms with Gasteiger partial charge in [0.15, 0.2) is 0 Å². The zero-order valence-corrected chi connectivity index (χ0v) is 11.4. The maximum absolute atomic E-state index is 13.3. The molecule has 0 spiro atoms. The Morgan fingerprint density at radius 1 is 1.53 bits per heavy atom. The second-order valence-corrected chi connectivity index (χ2v) is 5.28. The molecule has 3 N–H and O–H groups in total. The van der Waals surface area contributed by atoms with Crippen LogP contribution in [0.1, 0.15) is 34.0 Å². The summed E-state index contributed by atoms with van der Waals surface area (Å²) in [6, 6.07) is 4.17. The third-order valence-electron chi connectivity index (χ3n) is 2.70. The highest BCUT2D eigenvalue weighted by atomic mass is 32.1. The quantitative estimate of drug-likeness (QED) is 0.904. The molecule has 1 unspecified atom stereocenters. The van der Waals surface area contributed by atoms with Gasteiger partial charge in [-0.25, -0.2) is 9.37 Å². The highest BCUT2D eigenvalue weighted by Crippen LogP contribution is 2.22. The zero-order valence-electron chi connectivity index (χ0n) is 10.6. The molecular weight excluding hydrogens is 265 g/mol. The van der Waals surface area contributed by atoms with Crippen LogP contribution in [-0.2, 0) is 0 Å². The van der Waals surface area contributed by atoms with Crippen molar-refractivity contribution in [1.82, 2.24) is 4.98 Å². The number of carbonyl (C=O) groups excluding carboxylic acids is 1. The predicted molar refractivity (Wildman–Crippen MR) is 73.8 cm³/mol. The van der Waals surface area contributed by atoms with Crippen LogP contribution in [0.15, 0.2) is 23.6 Å². The summed E-state index contributed by atoms with van der Waals surface area (Å²) in [7, 11) is 0. The molecule has 0 fully saturated rings. The summed E-state index contributed by atoms with van der Waals surface area (Å²) in [6.07, 6.45) is 0. The first kappa shape index (κ1) is 13.5. The first-order valence-corrected chi connectivity index (χ1v) is 6.63. The van der Waals surface area contributed by atoms with Crippen LogP contribution in [0.3, 0.4) is 0 Å². The van der Waals surface area contributed by atoms with E-state index in [1.165, 1.54) is 12.1 Å². The van der Waals surface area contributed by atoms with Gasteiger partial charge in [-0.3, -0.25) is 4.79 Å². The minimum atomic E-state index is -0.779. The number of rotatable bonds is 4. The molecule has 2 rings (SSSR count). The lowest BCUT2D eigenvalue weighted by molar-refractivity contribution is 0.0996. The van der Waals surface area contributed by atoms with Crippen LogP contribution in [0.4, 0.5) is 10.1 Å². The maximum Gasteiger partial charge on any atom is 0.251 e. The third-order valence-corrected chi connectivity index (χ3v) is 3.49. The van der Waals surface area contributed by atoms with Crippen molar-refractivity contribution in [2.45, 2.75) is 19.9 Å². The second kappa shape index (κ2) is 5.36. The Morgan fingerprint density at radius 3 is 2.84 bits per heavy atom. The van der Waals surface area contributed by atoms with Crippen molar-refractivity contribution in [3.8, 4) is 0 Å². The summed E-state index contributed by atoms with van der Waals surface area (Å²) in [6.45, 7) is 3.88. The predicted octanol–water partition coefficient (Wildman–Crippen LogP) is 2.86. The van der Waals surface area contributed by atoms with Crippen molar-refractivity contribution in [1.29, 1.82) is 0 Å². The topological polar surface area (TPSA) is 68.0 Å². The van der Waals surface area contributed by atoms with Crippen LogP contribution in [0, 0.1) is 12.7 Å². The van der Waals surface area contributed by atoms with Crippen molar-refractivity contribution < 1.29 is 9.18 Å². The van der Waals surface area contributed by atoms with Crippen molar-refractivity contribution in [3.05, 3.63) is 45.7 Å².